The topological polar surface area (TPSA) is 35.5 Å². The molecule has 108 valence electrons. The number of rotatable bonds is 2. The highest BCUT2D eigenvalue weighted by Crippen LogP contribution is 2.41. The van der Waals surface area contributed by atoms with Crippen LogP contribution in [0.2, 0.25) is 0 Å². The summed E-state index contributed by atoms with van der Waals surface area (Å²) in [6, 6.07) is 16.4. The van der Waals surface area contributed by atoms with Crippen molar-refractivity contribution in [2.45, 2.75) is 32.5 Å². The van der Waals surface area contributed by atoms with Gasteiger partial charge in [0.05, 0.1) is 0 Å². The Labute approximate surface area is 124 Å². The highest BCUT2D eigenvalue weighted by atomic mass is 16.7. The molecular formula is C18H18O3. The summed E-state index contributed by atoms with van der Waals surface area (Å²) >= 11 is 0. The lowest BCUT2D eigenvalue weighted by atomic mass is 9.85. The number of benzene rings is 2. The van der Waals surface area contributed by atoms with E-state index in [1.54, 1.807) is 0 Å². The third kappa shape index (κ3) is 2.92. The maximum absolute atomic E-state index is 11.2. The van der Waals surface area contributed by atoms with E-state index in [2.05, 4.69) is 25.1 Å². The minimum Gasteiger partial charge on any atom is -0.454 e. The Hall–Kier alpha value is -2.29. The highest BCUT2D eigenvalue weighted by Gasteiger charge is 2.31. The largest absolute Gasteiger partial charge is 0.454 e. The molecule has 0 saturated heterocycles. The van der Waals surface area contributed by atoms with Crippen LogP contribution in [0.1, 0.15) is 36.0 Å². The van der Waals surface area contributed by atoms with Gasteiger partial charge in [0.1, 0.15) is 5.75 Å². The van der Waals surface area contributed by atoms with Crippen LogP contribution < -0.4 is 4.74 Å². The number of aryl methyl sites for hydroxylation is 1. The number of hydrogen-bond acceptors (Lipinski definition) is 3. The molecule has 2 aromatic carbocycles. The zero-order valence-corrected chi connectivity index (χ0v) is 12.2. The van der Waals surface area contributed by atoms with Crippen LogP contribution in [-0.2, 0) is 9.53 Å². The van der Waals surface area contributed by atoms with Crippen molar-refractivity contribution in [1.29, 1.82) is 0 Å². The number of esters is 1. The van der Waals surface area contributed by atoms with Crippen molar-refractivity contribution in [1.82, 2.24) is 0 Å². The van der Waals surface area contributed by atoms with E-state index in [1.807, 2.05) is 30.3 Å². The molecule has 1 aliphatic heterocycles. The van der Waals surface area contributed by atoms with E-state index >= 15 is 0 Å². The number of ether oxygens (including phenoxy) is 2. The van der Waals surface area contributed by atoms with Crippen molar-refractivity contribution in [2.24, 2.45) is 0 Å². The molecule has 3 nitrogen and oxygen atoms in total. The van der Waals surface area contributed by atoms with Crippen LogP contribution in [0, 0.1) is 6.92 Å². The molecule has 0 radical (unpaired) electrons. The van der Waals surface area contributed by atoms with Gasteiger partial charge in [-0.15, -0.1) is 0 Å². The number of fused-ring (bicyclic) bond motifs is 1. The molecule has 0 aromatic heterocycles. The van der Waals surface area contributed by atoms with Crippen LogP contribution >= 0.6 is 0 Å². The van der Waals surface area contributed by atoms with Crippen molar-refractivity contribution in [3.63, 3.8) is 0 Å². The molecule has 1 heterocycles. The Kier molecular flexibility index (Phi) is 3.65. The second kappa shape index (κ2) is 5.60. The first-order valence-corrected chi connectivity index (χ1v) is 7.13. The standard InChI is InChI=1S/C18H18O3/c1-12-8-9-17-16(10-12)15(14-6-4-3-5-7-14)11-18(21-17)20-13(2)19/h3-10,15,18H,11H2,1-2H3/t15-,18+/m0/s1. The fourth-order valence-electron chi connectivity index (χ4n) is 2.81. The van der Waals surface area contributed by atoms with Gasteiger partial charge in [0.2, 0.25) is 6.29 Å². The third-order valence-electron chi connectivity index (χ3n) is 3.73. The van der Waals surface area contributed by atoms with E-state index in [-0.39, 0.29) is 11.9 Å². The van der Waals surface area contributed by atoms with Crippen molar-refractivity contribution in [2.75, 3.05) is 0 Å². The summed E-state index contributed by atoms with van der Waals surface area (Å²) in [7, 11) is 0. The van der Waals surface area contributed by atoms with Crippen molar-refractivity contribution < 1.29 is 14.3 Å². The minimum absolute atomic E-state index is 0.180. The average Bonchev–Trinajstić information content (AvgIpc) is 2.47. The Morgan fingerprint density at radius 3 is 2.67 bits per heavy atom. The van der Waals surface area contributed by atoms with E-state index in [9.17, 15) is 4.79 Å². The lowest BCUT2D eigenvalue weighted by Gasteiger charge is -2.32. The quantitative estimate of drug-likeness (QED) is 0.786. The highest BCUT2D eigenvalue weighted by molar-refractivity contribution is 5.66. The second-order valence-corrected chi connectivity index (χ2v) is 5.40. The molecule has 3 rings (SSSR count). The molecule has 0 spiro atoms. The normalized spacial score (nSPS) is 20.3. The molecule has 21 heavy (non-hydrogen) atoms. The lowest BCUT2D eigenvalue weighted by molar-refractivity contribution is -0.163. The Morgan fingerprint density at radius 1 is 1.19 bits per heavy atom. The minimum atomic E-state index is -0.525. The van der Waals surface area contributed by atoms with E-state index < -0.39 is 6.29 Å². The number of carbonyl (C=O) groups excluding carboxylic acids is 1. The molecule has 0 N–H and O–H groups in total. The number of carbonyl (C=O) groups is 1. The smallest absolute Gasteiger partial charge is 0.305 e. The van der Waals surface area contributed by atoms with Gasteiger partial charge in [0.15, 0.2) is 0 Å². The molecule has 2 atom stereocenters. The van der Waals surface area contributed by atoms with Gasteiger partial charge >= 0.3 is 5.97 Å². The maximum Gasteiger partial charge on any atom is 0.305 e. The summed E-state index contributed by atoms with van der Waals surface area (Å²) < 4.78 is 11.1. The average molecular weight is 282 g/mol. The molecule has 0 saturated carbocycles. The van der Waals surface area contributed by atoms with Gasteiger partial charge in [-0.1, -0.05) is 48.0 Å². The molecular weight excluding hydrogens is 264 g/mol. The monoisotopic (exact) mass is 282 g/mol. The zero-order chi connectivity index (χ0) is 14.8. The summed E-state index contributed by atoms with van der Waals surface area (Å²) in [5, 5.41) is 0. The maximum atomic E-state index is 11.2. The van der Waals surface area contributed by atoms with Crippen molar-refractivity contribution in [3.05, 3.63) is 65.2 Å². The molecule has 2 aromatic rings. The summed E-state index contributed by atoms with van der Waals surface area (Å²) in [5.74, 6) is 0.661. The van der Waals surface area contributed by atoms with E-state index in [0.717, 1.165) is 11.3 Å². The summed E-state index contributed by atoms with van der Waals surface area (Å²) in [5.41, 5.74) is 3.57. The Balaban J connectivity index is 2.01. The summed E-state index contributed by atoms with van der Waals surface area (Å²) in [6.45, 7) is 3.48. The predicted molar refractivity (Wildman–Crippen MR) is 80.3 cm³/mol. The third-order valence-corrected chi connectivity index (χ3v) is 3.73. The summed E-state index contributed by atoms with van der Waals surface area (Å²) in [6.07, 6.45) is 0.114. The fourth-order valence-corrected chi connectivity index (χ4v) is 2.81. The van der Waals surface area contributed by atoms with Crippen LogP contribution in [0.15, 0.2) is 48.5 Å². The van der Waals surface area contributed by atoms with Gasteiger partial charge in [0, 0.05) is 24.8 Å². The SMILES string of the molecule is CC(=O)O[C@H]1C[C@@H](c2ccccc2)c2cc(C)ccc2O1. The fraction of sp³-hybridized carbons (Fsp3) is 0.278. The van der Waals surface area contributed by atoms with Crippen molar-refractivity contribution in [3.8, 4) is 5.75 Å². The van der Waals surface area contributed by atoms with Gasteiger partial charge in [0.25, 0.3) is 0 Å². The van der Waals surface area contributed by atoms with Crippen LogP contribution in [0.25, 0.3) is 0 Å². The van der Waals surface area contributed by atoms with Crippen LogP contribution in [0.3, 0.4) is 0 Å². The molecule has 0 amide bonds. The van der Waals surface area contributed by atoms with Crippen LogP contribution in [0.5, 0.6) is 5.75 Å². The molecule has 0 bridgehead atoms. The molecule has 1 aliphatic rings. The van der Waals surface area contributed by atoms with Crippen LogP contribution in [0.4, 0.5) is 0 Å². The first-order valence-electron chi connectivity index (χ1n) is 7.13. The van der Waals surface area contributed by atoms with Gasteiger partial charge in [-0.05, 0) is 18.6 Å². The first-order chi connectivity index (χ1) is 10.1. The van der Waals surface area contributed by atoms with E-state index in [4.69, 9.17) is 9.47 Å². The molecule has 0 aliphatic carbocycles. The van der Waals surface area contributed by atoms with Gasteiger partial charge < -0.3 is 9.47 Å². The molecule has 3 heteroatoms. The molecule has 0 unspecified atom stereocenters. The summed E-state index contributed by atoms with van der Waals surface area (Å²) in [4.78, 5) is 11.2. The van der Waals surface area contributed by atoms with Gasteiger partial charge in [-0.3, -0.25) is 4.79 Å². The predicted octanol–water partition coefficient (Wildman–Crippen LogP) is 3.80. The number of hydrogen-bond donors (Lipinski definition) is 0. The lowest BCUT2D eigenvalue weighted by Crippen LogP contribution is -2.30. The Bertz CT molecular complexity index is 649. The van der Waals surface area contributed by atoms with Crippen LogP contribution in [-0.4, -0.2) is 12.3 Å². The second-order valence-electron chi connectivity index (χ2n) is 5.40. The van der Waals surface area contributed by atoms with Crippen molar-refractivity contribution >= 4 is 5.97 Å². The van der Waals surface area contributed by atoms with E-state index in [0.29, 0.717) is 6.42 Å². The zero-order valence-electron chi connectivity index (χ0n) is 12.2. The molecule has 0 fully saturated rings. The van der Waals surface area contributed by atoms with E-state index in [1.165, 1.54) is 18.1 Å². The Morgan fingerprint density at radius 2 is 1.95 bits per heavy atom. The van der Waals surface area contributed by atoms with Gasteiger partial charge in [-0.25, -0.2) is 0 Å². The first kappa shape index (κ1) is 13.7. The van der Waals surface area contributed by atoms with Gasteiger partial charge in [-0.2, -0.15) is 0 Å².